The van der Waals surface area contributed by atoms with E-state index >= 15 is 0 Å². The standard InChI is InChI=1S/C16H23NO2/c1-16(2,12-8-11-14(18)17(3)4)15(19)13-9-6-5-7-10-13/h5-10,12,15,19H,11H2,1-4H3/b12-8+/t15-/m1/s1. The van der Waals surface area contributed by atoms with Crippen molar-refractivity contribution in [2.75, 3.05) is 14.1 Å². The lowest BCUT2D eigenvalue weighted by atomic mass is 9.82. The van der Waals surface area contributed by atoms with E-state index in [-0.39, 0.29) is 5.91 Å². The van der Waals surface area contributed by atoms with Gasteiger partial charge in [0.25, 0.3) is 0 Å². The number of nitrogens with zero attached hydrogens (tertiary/aromatic N) is 1. The van der Waals surface area contributed by atoms with Crippen LogP contribution in [0.1, 0.15) is 31.9 Å². The monoisotopic (exact) mass is 261 g/mol. The van der Waals surface area contributed by atoms with Gasteiger partial charge in [-0.05, 0) is 5.56 Å². The Morgan fingerprint density at radius 3 is 2.42 bits per heavy atom. The number of hydrogen-bond acceptors (Lipinski definition) is 2. The first-order valence-electron chi connectivity index (χ1n) is 6.45. The van der Waals surface area contributed by atoms with Gasteiger partial charge in [-0.2, -0.15) is 0 Å². The number of rotatable bonds is 5. The van der Waals surface area contributed by atoms with Crippen molar-refractivity contribution < 1.29 is 9.90 Å². The number of aliphatic hydroxyl groups is 1. The maximum absolute atomic E-state index is 11.5. The van der Waals surface area contributed by atoms with Gasteiger partial charge in [-0.1, -0.05) is 56.3 Å². The molecule has 0 saturated heterocycles. The van der Waals surface area contributed by atoms with Crippen molar-refractivity contribution in [3.8, 4) is 0 Å². The van der Waals surface area contributed by atoms with E-state index in [0.717, 1.165) is 5.56 Å². The molecule has 0 aromatic heterocycles. The molecule has 104 valence electrons. The van der Waals surface area contributed by atoms with E-state index in [1.54, 1.807) is 19.0 Å². The molecule has 0 radical (unpaired) electrons. The lowest BCUT2D eigenvalue weighted by Gasteiger charge is -2.27. The first-order valence-corrected chi connectivity index (χ1v) is 6.45. The Morgan fingerprint density at radius 1 is 1.32 bits per heavy atom. The summed E-state index contributed by atoms with van der Waals surface area (Å²) in [5.41, 5.74) is 0.476. The number of aliphatic hydroxyl groups excluding tert-OH is 1. The zero-order chi connectivity index (χ0) is 14.5. The van der Waals surface area contributed by atoms with Gasteiger partial charge < -0.3 is 10.0 Å². The van der Waals surface area contributed by atoms with Gasteiger partial charge in [0.2, 0.25) is 5.91 Å². The van der Waals surface area contributed by atoms with Crippen molar-refractivity contribution >= 4 is 5.91 Å². The second-order valence-electron chi connectivity index (χ2n) is 5.53. The number of carbonyl (C=O) groups excluding carboxylic acids is 1. The van der Waals surface area contributed by atoms with E-state index in [4.69, 9.17) is 0 Å². The second-order valence-corrected chi connectivity index (χ2v) is 5.53. The molecule has 0 saturated carbocycles. The predicted octanol–water partition coefficient (Wildman–Crippen LogP) is 2.78. The summed E-state index contributed by atoms with van der Waals surface area (Å²) in [6, 6.07) is 9.56. The molecule has 0 unspecified atom stereocenters. The largest absolute Gasteiger partial charge is 0.388 e. The molecule has 1 aromatic carbocycles. The third-order valence-corrected chi connectivity index (χ3v) is 3.16. The lowest BCUT2D eigenvalue weighted by Crippen LogP contribution is -2.22. The topological polar surface area (TPSA) is 40.5 Å². The zero-order valence-corrected chi connectivity index (χ0v) is 12.1. The average Bonchev–Trinajstić information content (AvgIpc) is 2.38. The second kappa shape index (κ2) is 6.53. The van der Waals surface area contributed by atoms with E-state index in [1.807, 2.05) is 56.3 Å². The molecule has 19 heavy (non-hydrogen) atoms. The molecule has 0 aliphatic rings. The molecule has 1 amide bonds. The Kier molecular flexibility index (Phi) is 5.31. The molecule has 1 aromatic rings. The third kappa shape index (κ3) is 4.52. The highest BCUT2D eigenvalue weighted by Gasteiger charge is 2.26. The van der Waals surface area contributed by atoms with Crippen LogP contribution in [-0.2, 0) is 4.79 Å². The molecule has 0 fully saturated rings. The van der Waals surface area contributed by atoms with Crippen LogP contribution in [0.3, 0.4) is 0 Å². The van der Waals surface area contributed by atoms with Crippen molar-refractivity contribution in [2.24, 2.45) is 5.41 Å². The molecule has 3 heteroatoms. The molecular formula is C16H23NO2. The van der Waals surface area contributed by atoms with Crippen LogP contribution in [0.4, 0.5) is 0 Å². The Morgan fingerprint density at radius 2 is 1.89 bits per heavy atom. The average molecular weight is 261 g/mol. The van der Waals surface area contributed by atoms with Crippen LogP contribution in [-0.4, -0.2) is 30.0 Å². The van der Waals surface area contributed by atoms with E-state index in [2.05, 4.69) is 0 Å². The molecule has 0 aliphatic heterocycles. The van der Waals surface area contributed by atoms with Gasteiger partial charge in [-0.3, -0.25) is 4.79 Å². The smallest absolute Gasteiger partial charge is 0.225 e. The molecule has 0 aliphatic carbocycles. The van der Waals surface area contributed by atoms with Gasteiger partial charge in [-0.15, -0.1) is 0 Å². The van der Waals surface area contributed by atoms with Crippen LogP contribution in [0, 0.1) is 5.41 Å². The number of hydrogen-bond donors (Lipinski definition) is 1. The van der Waals surface area contributed by atoms with E-state index in [0.29, 0.717) is 6.42 Å². The van der Waals surface area contributed by atoms with Crippen LogP contribution in [0.2, 0.25) is 0 Å². The highest BCUT2D eigenvalue weighted by molar-refractivity contribution is 5.77. The van der Waals surface area contributed by atoms with Crippen LogP contribution in [0.5, 0.6) is 0 Å². The minimum absolute atomic E-state index is 0.0567. The third-order valence-electron chi connectivity index (χ3n) is 3.16. The Labute approximate surface area is 115 Å². The van der Waals surface area contributed by atoms with E-state index < -0.39 is 11.5 Å². The first kappa shape index (κ1) is 15.4. The molecule has 0 spiro atoms. The Bertz CT molecular complexity index is 435. The van der Waals surface area contributed by atoms with Crippen LogP contribution < -0.4 is 0 Å². The lowest BCUT2D eigenvalue weighted by molar-refractivity contribution is -0.127. The summed E-state index contributed by atoms with van der Waals surface area (Å²) in [4.78, 5) is 13.0. The van der Waals surface area contributed by atoms with Crippen molar-refractivity contribution in [2.45, 2.75) is 26.4 Å². The quantitative estimate of drug-likeness (QED) is 0.828. The molecule has 1 N–H and O–H groups in total. The van der Waals surface area contributed by atoms with Crippen molar-refractivity contribution in [1.82, 2.24) is 4.90 Å². The predicted molar refractivity (Wildman–Crippen MR) is 77.6 cm³/mol. The fourth-order valence-electron chi connectivity index (χ4n) is 1.80. The molecular weight excluding hydrogens is 238 g/mol. The summed E-state index contributed by atoms with van der Waals surface area (Å²) in [5, 5.41) is 10.4. The molecule has 1 atom stereocenters. The van der Waals surface area contributed by atoms with E-state index in [9.17, 15) is 9.90 Å². The summed E-state index contributed by atoms with van der Waals surface area (Å²) in [7, 11) is 3.47. The van der Waals surface area contributed by atoms with Crippen molar-refractivity contribution in [3.05, 3.63) is 48.0 Å². The number of carbonyl (C=O) groups is 1. The van der Waals surface area contributed by atoms with Crippen molar-refractivity contribution in [3.63, 3.8) is 0 Å². The van der Waals surface area contributed by atoms with Crippen LogP contribution in [0.15, 0.2) is 42.5 Å². The normalized spacial score (nSPS) is 13.5. The first-order chi connectivity index (χ1) is 8.84. The Balaban J connectivity index is 2.70. The van der Waals surface area contributed by atoms with Crippen molar-refractivity contribution in [1.29, 1.82) is 0 Å². The molecule has 0 bridgehead atoms. The summed E-state index contributed by atoms with van der Waals surface area (Å²) >= 11 is 0. The minimum atomic E-state index is -0.584. The summed E-state index contributed by atoms with van der Waals surface area (Å²) in [6.45, 7) is 3.92. The van der Waals surface area contributed by atoms with Gasteiger partial charge in [-0.25, -0.2) is 0 Å². The fraction of sp³-hybridized carbons (Fsp3) is 0.438. The number of amides is 1. The van der Waals surface area contributed by atoms with Crippen LogP contribution in [0.25, 0.3) is 0 Å². The maximum Gasteiger partial charge on any atom is 0.225 e. The Hall–Kier alpha value is -1.61. The summed E-state index contributed by atoms with van der Waals surface area (Å²) in [5.74, 6) is 0.0567. The summed E-state index contributed by atoms with van der Waals surface area (Å²) in [6.07, 6.45) is 3.51. The fourth-order valence-corrected chi connectivity index (χ4v) is 1.80. The summed E-state index contributed by atoms with van der Waals surface area (Å²) < 4.78 is 0. The van der Waals surface area contributed by atoms with Gasteiger partial charge in [0.15, 0.2) is 0 Å². The van der Waals surface area contributed by atoms with Gasteiger partial charge in [0, 0.05) is 25.9 Å². The molecule has 1 rings (SSSR count). The molecule has 0 heterocycles. The minimum Gasteiger partial charge on any atom is -0.388 e. The van der Waals surface area contributed by atoms with Gasteiger partial charge in [0.1, 0.15) is 0 Å². The van der Waals surface area contributed by atoms with Gasteiger partial charge >= 0.3 is 0 Å². The van der Waals surface area contributed by atoms with Crippen LogP contribution >= 0.6 is 0 Å². The molecule has 3 nitrogen and oxygen atoms in total. The highest BCUT2D eigenvalue weighted by Crippen LogP contribution is 2.34. The van der Waals surface area contributed by atoms with Gasteiger partial charge in [0.05, 0.1) is 6.10 Å². The maximum atomic E-state index is 11.5. The zero-order valence-electron chi connectivity index (χ0n) is 12.1. The number of benzene rings is 1. The highest BCUT2D eigenvalue weighted by atomic mass is 16.3. The van der Waals surface area contributed by atoms with E-state index in [1.165, 1.54) is 0 Å². The SMILES string of the molecule is CN(C)C(=O)C/C=C/C(C)(C)[C@H](O)c1ccccc1.